The van der Waals surface area contributed by atoms with Gasteiger partial charge >= 0.3 is 0 Å². The summed E-state index contributed by atoms with van der Waals surface area (Å²) < 4.78 is 0. The molecular formula is C22H18N8. The van der Waals surface area contributed by atoms with Crippen molar-refractivity contribution < 1.29 is 0 Å². The number of H-pyrrole nitrogens is 2. The summed E-state index contributed by atoms with van der Waals surface area (Å²) in [5, 5.41) is 11.9. The molecule has 0 unspecified atom stereocenters. The van der Waals surface area contributed by atoms with Gasteiger partial charge in [0, 0.05) is 36.1 Å². The summed E-state index contributed by atoms with van der Waals surface area (Å²) in [5.74, 6) is 0.682. The SMILES string of the molecule is C1=C(c2cc3c(-c4nc5nccc(-c6ccncc6)c5[nH]4)n[nH]c3cn2)CCNC1. The molecule has 0 spiro atoms. The van der Waals surface area contributed by atoms with Gasteiger partial charge in [0.15, 0.2) is 11.5 Å². The van der Waals surface area contributed by atoms with Crippen molar-refractivity contribution in [2.24, 2.45) is 0 Å². The van der Waals surface area contributed by atoms with Crippen LogP contribution in [0, 0.1) is 0 Å². The van der Waals surface area contributed by atoms with Gasteiger partial charge in [-0.05, 0) is 48.4 Å². The largest absolute Gasteiger partial charge is 0.335 e. The van der Waals surface area contributed by atoms with Gasteiger partial charge in [0.05, 0.1) is 22.9 Å². The Morgan fingerprint density at radius 3 is 2.80 bits per heavy atom. The molecule has 6 heterocycles. The van der Waals surface area contributed by atoms with E-state index in [0.717, 1.165) is 58.4 Å². The molecule has 8 heteroatoms. The molecule has 6 rings (SSSR count). The molecule has 0 saturated heterocycles. The average Bonchev–Trinajstić information content (AvgIpc) is 3.43. The van der Waals surface area contributed by atoms with Gasteiger partial charge in [0.25, 0.3) is 0 Å². The van der Waals surface area contributed by atoms with Crippen molar-refractivity contribution in [2.45, 2.75) is 6.42 Å². The summed E-state index contributed by atoms with van der Waals surface area (Å²) >= 11 is 0. The number of aromatic amines is 2. The van der Waals surface area contributed by atoms with E-state index in [2.05, 4.69) is 47.6 Å². The van der Waals surface area contributed by atoms with Crippen LogP contribution >= 0.6 is 0 Å². The molecule has 0 radical (unpaired) electrons. The Morgan fingerprint density at radius 2 is 1.93 bits per heavy atom. The summed E-state index contributed by atoms with van der Waals surface area (Å²) in [4.78, 5) is 21.3. The summed E-state index contributed by atoms with van der Waals surface area (Å²) in [6.45, 7) is 1.84. The van der Waals surface area contributed by atoms with Gasteiger partial charge in [-0.15, -0.1) is 0 Å². The minimum Gasteiger partial charge on any atom is -0.335 e. The zero-order valence-electron chi connectivity index (χ0n) is 16.1. The molecule has 0 fully saturated rings. The first-order valence-corrected chi connectivity index (χ1v) is 9.86. The Labute approximate surface area is 171 Å². The fourth-order valence-electron chi connectivity index (χ4n) is 3.92. The predicted molar refractivity (Wildman–Crippen MR) is 115 cm³/mol. The molecule has 0 atom stereocenters. The van der Waals surface area contributed by atoms with Gasteiger partial charge in [0.1, 0.15) is 5.69 Å². The monoisotopic (exact) mass is 394 g/mol. The number of pyridine rings is 3. The molecule has 8 nitrogen and oxygen atoms in total. The highest BCUT2D eigenvalue weighted by molar-refractivity contribution is 5.96. The third kappa shape index (κ3) is 2.77. The molecule has 0 aromatic carbocycles. The molecule has 0 saturated carbocycles. The van der Waals surface area contributed by atoms with E-state index in [-0.39, 0.29) is 0 Å². The zero-order valence-corrected chi connectivity index (χ0v) is 16.1. The van der Waals surface area contributed by atoms with Crippen LogP contribution in [0.5, 0.6) is 0 Å². The molecule has 1 aliphatic heterocycles. The molecule has 5 aromatic rings. The van der Waals surface area contributed by atoms with Crippen molar-refractivity contribution >= 4 is 27.6 Å². The number of nitrogens with zero attached hydrogens (tertiary/aromatic N) is 5. The van der Waals surface area contributed by atoms with Crippen LogP contribution in [0.2, 0.25) is 0 Å². The summed E-state index contributed by atoms with van der Waals surface area (Å²) in [6, 6.07) is 8.03. The van der Waals surface area contributed by atoms with Crippen LogP contribution in [0.4, 0.5) is 0 Å². The van der Waals surface area contributed by atoms with Gasteiger partial charge in [-0.1, -0.05) is 6.08 Å². The number of fused-ring (bicyclic) bond motifs is 2. The maximum absolute atomic E-state index is 4.72. The van der Waals surface area contributed by atoms with Crippen molar-refractivity contribution in [1.29, 1.82) is 0 Å². The third-order valence-corrected chi connectivity index (χ3v) is 5.45. The van der Waals surface area contributed by atoms with Crippen LogP contribution in [0.25, 0.3) is 50.3 Å². The molecule has 0 amide bonds. The molecule has 146 valence electrons. The second-order valence-electron chi connectivity index (χ2n) is 7.25. The van der Waals surface area contributed by atoms with E-state index in [4.69, 9.17) is 4.98 Å². The van der Waals surface area contributed by atoms with Gasteiger partial charge in [0.2, 0.25) is 0 Å². The maximum atomic E-state index is 4.72. The van der Waals surface area contributed by atoms with Crippen LogP contribution in [0.3, 0.4) is 0 Å². The Kier molecular flexibility index (Phi) is 3.88. The topological polar surface area (TPSA) is 108 Å². The minimum absolute atomic E-state index is 0.658. The fraction of sp³-hybridized carbons (Fsp3) is 0.136. The Bertz CT molecular complexity index is 1400. The average molecular weight is 394 g/mol. The normalized spacial score (nSPS) is 14.3. The van der Waals surface area contributed by atoms with Gasteiger partial charge < -0.3 is 10.3 Å². The van der Waals surface area contributed by atoms with Crippen LogP contribution in [-0.2, 0) is 0 Å². The number of imidazole rings is 1. The van der Waals surface area contributed by atoms with Crippen molar-refractivity contribution in [3.05, 3.63) is 60.8 Å². The van der Waals surface area contributed by atoms with Gasteiger partial charge in [-0.3, -0.25) is 15.1 Å². The summed E-state index contributed by atoms with van der Waals surface area (Å²) in [6.07, 6.45) is 10.3. The van der Waals surface area contributed by atoms with Crippen LogP contribution in [0.15, 0.2) is 55.1 Å². The Balaban J connectivity index is 1.50. The minimum atomic E-state index is 0.658. The first-order valence-electron chi connectivity index (χ1n) is 9.86. The molecule has 3 N–H and O–H groups in total. The number of nitrogens with one attached hydrogen (secondary N) is 3. The number of hydrogen-bond acceptors (Lipinski definition) is 6. The van der Waals surface area contributed by atoms with Crippen molar-refractivity contribution in [1.82, 2.24) is 40.4 Å². The van der Waals surface area contributed by atoms with E-state index in [1.165, 1.54) is 5.57 Å². The lowest BCUT2D eigenvalue weighted by Crippen LogP contribution is -2.20. The number of hydrogen-bond donors (Lipinski definition) is 3. The Morgan fingerprint density at radius 1 is 1.00 bits per heavy atom. The second-order valence-corrected chi connectivity index (χ2v) is 7.25. The summed E-state index contributed by atoms with van der Waals surface area (Å²) in [7, 11) is 0. The van der Waals surface area contributed by atoms with Crippen molar-refractivity contribution in [3.63, 3.8) is 0 Å². The first kappa shape index (κ1) is 17.0. The van der Waals surface area contributed by atoms with Crippen LogP contribution in [-0.4, -0.2) is 48.2 Å². The van der Waals surface area contributed by atoms with Crippen molar-refractivity contribution in [2.75, 3.05) is 13.1 Å². The molecule has 0 bridgehead atoms. The number of aromatic nitrogens is 7. The molecule has 1 aliphatic rings. The lowest BCUT2D eigenvalue weighted by Gasteiger charge is -2.13. The van der Waals surface area contributed by atoms with Crippen LogP contribution in [0.1, 0.15) is 12.1 Å². The van der Waals surface area contributed by atoms with E-state index >= 15 is 0 Å². The lowest BCUT2D eigenvalue weighted by atomic mass is 10.0. The molecule has 0 aliphatic carbocycles. The van der Waals surface area contributed by atoms with Gasteiger partial charge in [-0.25, -0.2) is 9.97 Å². The smallest absolute Gasteiger partial charge is 0.178 e. The van der Waals surface area contributed by atoms with Crippen molar-refractivity contribution in [3.8, 4) is 22.6 Å². The quantitative estimate of drug-likeness (QED) is 0.433. The molecule has 30 heavy (non-hydrogen) atoms. The van der Waals surface area contributed by atoms with E-state index in [0.29, 0.717) is 11.5 Å². The lowest BCUT2D eigenvalue weighted by molar-refractivity contribution is 0.737. The maximum Gasteiger partial charge on any atom is 0.178 e. The fourth-order valence-corrected chi connectivity index (χ4v) is 3.92. The van der Waals surface area contributed by atoms with E-state index < -0.39 is 0 Å². The standard InChI is InChI=1S/C22H18N8/c1-6-23-7-2-13(1)15-5-10-25-21-19(15)27-22(28-21)20-16-11-17(14-3-8-24-9-4-14)26-12-18(16)29-30-20/h1-3,5-7,10-12,24H,4,8-9H2,(H,29,30)(H,25,27,28). The molecular weight excluding hydrogens is 376 g/mol. The van der Waals surface area contributed by atoms with E-state index in [1.54, 1.807) is 18.6 Å². The Hall–Kier alpha value is -3.91. The van der Waals surface area contributed by atoms with E-state index in [1.807, 2.05) is 24.4 Å². The van der Waals surface area contributed by atoms with Gasteiger partial charge in [-0.2, -0.15) is 5.10 Å². The van der Waals surface area contributed by atoms with Crippen LogP contribution < -0.4 is 5.32 Å². The first-order chi connectivity index (χ1) is 14.9. The highest BCUT2D eigenvalue weighted by Crippen LogP contribution is 2.31. The number of rotatable bonds is 3. The van der Waals surface area contributed by atoms with E-state index in [9.17, 15) is 0 Å². The highest BCUT2D eigenvalue weighted by atomic mass is 15.1. The predicted octanol–water partition coefficient (Wildman–Crippen LogP) is 3.33. The zero-order chi connectivity index (χ0) is 19.9. The molecule has 5 aromatic heterocycles. The second kappa shape index (κ2) is 6.85. The summed E-state index contributed by atoms with van der Waals surface area (Å²) in [5.41, 5.74) is 7.52. The highest BCUT2D eigenvalue weighted by Gasteiger charge is 2.17. The third-order valence-electron chi connectivity index (χ3n) is 5.45.